The molecule has 0 spiro atoms. The highest BCUT2D eigenvalue weighted by molar-refractivity contribution is 5.81. The van der Waals surface area contributed by atoms with Gasteiger partial charge in [-0.3, -0.25) is 4.79 Å². The van der Waals surface area contributed by atoms with Crippen molar-refractivity contribution in [3.63, 3.8) is 0 Å². The van der Waals surface area contributed by atoms with Crippen LogP contribution >= 0.6 is 0 Å². The minimum atomic E-state index is 0.0411. The zero-order chi connectivity index (χ0) is 14.1. The number of nitrogens with one attached hydrogen (secondary N) is 1. The number of benzene rings is 1. The maximum absolute atomic E-state index is 12.0. The van der Waals surface area contributed by atoms with Gasteiger partial charge in [-0.15, -0.1) is 13.2 Å². The summed E-state index contributed by atoms with van der Waals surface area (Å²) < 4.78 is 0. The van der Waals surface area contributed by atoms with Crippen molar-refractivity contribution in [2.24, 2.45) is 0 Å². The SMILES string of the molecule is C=CCN(CC=C)C(=O)CNc1ccc(CC)cc1. The van der Waals surface area contributed by atoms with Crippen molar-refractivity contribution in [3.05, 3.63) is 55.1 Å². The molecule has 1 rings (SSSR count). The summed E-state index contributed by atoms with van der Waals surface area (Å²) >= 11 is 0. The minimum Gasteiger partial charge on any atom is -0.376 e. The lowest BCUT2D eigenvalue weighted by Gasteiger charge is -2.19. The standard InChI is InChI=1S/C16H22N2O/c1-4-11-18(12-5-2)16(19)13-17-15-9-7-14(6-3)8-10-15/h4-5,7-10,17H,1-2,6,11-13H2,3H3. The van der Waals surface area contributed by atoms with Crippen LogP contribution in [0.15, 0.2) is 49.6 Å². The van der Waals surface area contributed by atoms with Crippen molar-refractivity contribution in [3.8, 4) is 0 Å². The quantitative estimate of drug-likeness (QED) is 0.727. The number of hydrogen-bond donors (Lipinski definition) is 1. The number of carbonyl (C=O) groups is 1. The molecule has 0 saturated heterocycles. The highest BCUT2D eigenvalue weighted by Crippen LogP contribution is 2.09. The third kappa shape index (κ3) is 5.00. The Morgan fingerprint density at radius 3 is 2.26 bits per heavy atom. The number of aryl methyl sites for hydroxylation is 1. The highest BCUT2D eigenvalue weighted by Gasteiger charge is 2.09. The average molecular weight is 258 g/mol. The number of anilines is 1. The van der Waals surface area contributed by atoms with Gasteiger partial charge < -0.3 is 10.2 Å². The molecular weight excluding hydrogens is 236 g/mol. The fraction of sp³-hybridized carbons (Fsp3) is 0.312. The molecule has 0 bridgehead atoms. The zero-order valence-corrected chi connectivity index (χ0v) is 11.6. The summed E-state index contributed by atoms with van der Waals surface area (Å²) in [7, 11) is 0. The van der Waals surface area contributed by atoms with Gasteiger partial charge in [0.15, 0.2) is 0 Å². The fourth-order valence-corrected chi connectivity index (χ4v) is 1.74. The van der Waals surface area contributed by atoms with Crippen LogP contribution < -0.4 is 5.32 Å². The number of nitrogens with zero attached hydrogens (tertiary/aromatic N) is 1. The molecule has 0 saturated carbocycles. The second kappa shape index (κ2) is 8.14. The first-order valence-corrected chi connectivity index (χ1v) is 6.53. The van der Waals surface area contributed by atoms with E-state index >= 15 is 0 Å². The molecule has 3 nitrogen and oxygen atoms in total. The lowest BCUT2D eigenvalue weighted by atomic mass is 10.1. The van der Waals surface area contributed by atoms with E-state index in [-0.39, 0.29) is 12.5 Å². The van der Waals surface area contributed by atoms with Crippen LogP contribution in [-0.4, -0.2) is 30.4 Å². The van der Waals surface area contributed by atoms with E-state index in [1.54, 1.807) is 17.1 Å². The van der Waals surface area contributed by atoms with Crippen LogP contribution in [-0.2, 0) is 11.2 Å². The van der Waals surface area contributed by atoms with E-state index in [4.69, 9.17) is 0 Å². The van der Waals surface area contributed by atoms with Crippen LogP contribution in [0.1, 0.15) is 12.5 Å². The second-order valence-corrected chi connectivity index (χ2v) is 4.28. The summed E-state index contributed by atoms with van der Waals surface area (Å²) in [6.07, 6.45) is 4.46. The van der Waals surface area contributed by atoms with E-state index < -0.39 is 0 Å². The molecule has 0 aromatic heterocycles. The van der Waals surface area contributed by atoms with E-state index in [1.165, 1.54) is 5.56 Å². The molecule has 0 atom stereocenters. The van der Waals surface area contributed by atoms with Gasteiger partial charge in [-0.25, -0.2) is 0 Å². The molecule has 3 heteroatoms. The Morgan fingerprint density at radius 1 is 1.21 bits per heavy atom. The Morgan fingerprint density at radius 2 is 1.79 bits per heavy atom. The van der Waals surface area contributed by atoms with Crippen molar-refractivity contribution >= 4 is 11.6 Å². The molecule has 0 radical (unpaired) electrons. The molecule has 1 amide bonds. The van der Waals surface area contributed by atoms with Crippen LogP contribution in [0.5, 0.6) is 0 Å². The molecule has 19 heavy (non-hydrogen) atoms. The number of hydrogen-bond acceptors (Lipinski definition) is 2. The van der Waals surface area contributed by atoms with Crippen LogP contribution in [0.2, 0.25) is 0 Å². The number of rotatable bonds is 8. The summed E-state index contributed by atoms with van der Waals surface area (Å²) in [5.74, 6) is 0.0411. The smallest absolute Gasteiger partial charge is 0.242 e. The first-order valence-electron chi connectivity index (χ1n) is 6.53. The molecule has 0 aliphatic rings. The molecule has 1 N–H and O–H groups in total. The van der Waals surface area contributed by atoms with E-state index in [1.807, 2.05) is 12.1 Å². The fourth-order valence-electron chi connectivity index (χ4n) is 1.74. The Labute approximate surface area is 115 Å². The monoisotopic (exact) mass is 258 g/mol. The van der Waals surface area contributed by atoms with Crippen molar-refractivity contribution in [2.45, 2.75) is 13.3 Å². The summed E-state index contributed by atoms with van der Waals surface area (Å²) in [6, 6.07) is 8.13. The van der Waals surface area contributed by atoms with Crippen molar-refractivity contribution in [1.82, 2.24) is 4.90 Å². The first kappa shape index (κ1) is 15.0. The Balaban J connectivity index is 2.51. The lowest BCUT2D eigenvalue weighted by Crippen LogP contribution is -2.35. The largest absolute Gasteiger partial charge is 0.376 e. The highest BCUT2D eigenvalue weighted by atomic mass is 16.2. The van der Waals surface area contributed by atoms with Crippen LogP contribution in [0.3, 0.4) is 0 Å². The summed E-state index contributed by atoms with van der Waals surface area (Å²) in [5, 5.41) is 3.13. The third-order valence-corrected chi connectivity index (χ3v) is 2.86. The molecule has 0 heterocycles. The van der Waals surface area contributed by atoms with E-state index in [9.17, 15) is 4.79 Å². The zero-order valence-electron chi connectivity index (χ0n) is 11.6. The van der Waals surface area contributed by atoms with Crippen molar-refractivity contribution in [2.75, 3.05) is 25.0 Å². The van der Waals surface area contributed by atoms with Gasteiger partial charge in [-0.05, 0) is 24.1 Å². The van der Waals surface area contributed by atoms with Gasteiger partial charge in [0.1, 0.15) is 0 Å². The number of amides is 1. The van der Waals surface area contributed by atoms with Gasteiger partial charge in [0.2, 0.25) is 5.91 Å². The van der Waals surface area contributed by atoms with E-state index in [0.29, 0.717) is 13.1 Å². The van der Waals surface area contributed by atoms with Crippen molar-refractivity contribution in [1.29, 1.82) is 0 Å². The average Bonchev–Trinajstić information content (AvgIpc) is 2.45. The van der Waals surface area contributed by atoms with Crippen molar-refractivity contribution < 1.29 is 4.79 Å². The normalized spacial score (nSPS) is 9.74. The lowest BCUT2D eigenvalue weighted by molar-refractivity contribution is -0.128. The first-order chi connectivity index (χ1) is 9.21. The summed E-state index contributed by atoms with van der Waals surface area (Å²) in [4.78, 5) is 13.7. The van der Waals surface area contributed by atoms with E-state index in [0.717, 1.165) is 12.1 Å². The minimum absolute atomic E-state index is 0.0411. The Hall–Kier alpha value is -2.03. The van der Waals surface area contributed by atoms with Gasteiger partial charge >= 0.3 is 0 Å². The van der Waals surface area contributed by atoms with Crippen LogP contribution in [0, 0.1) is 0 Å². The Kier molecular flexibility index (Phi) is 6.44. The molecule has 0 aliphatic heterocycles. The summed E-state index contributed by atoms with van der Waals surface area (Å²) in [6.45, 7) is 10.8. The predicted molar refractivity (Wildman–Crippen MR) is 81.3 cm³/mol. The maximum atomic E-state index is 12.0. The van der Waals surface area contributed by atoms with Gasteiger partial charge in [-0.1, -0.05) is 31.2 Å². The van der Waals surface area contributed by atoms with Gasteiger partial charge in [0, 0.05) is 18.8 Å². The van der Waals surface area contributed by atoms with Gasteiger partial charge in [0.25, 0.3) is 0 Å². The third-order valence-electron chi connectivity index (χ3n) is 2.86. The van der Waals surface area contributed by atoms with Gasteiger partial charge in [0.05, 0.1) is 6.54 Å². The molecule has 1 aromatic carbocycles. The number of carbonyl (C=O) groups excluding carboxylic acids is 1. The molecule has 0 unspecified atom stereocenters. The molecule has 0 fully saturated rings. The summed E-state index contributed by atoms with van der Waals surface area (Å²) in [5.41, 5.74) is 2.25. The van der Waals surface area contributed by atoms with Gasteiger partial charge in [-0.2, -0.15) is 0 Å². The molecule has 0 aliphatic carbocycles. The maximum Gasteiger partial charge on any atom is 0.242 e. The Bertz CT molecular complexity index is 413. The van der Waals surface area contributed by atoms with Crippen LogP contribution in [0.25, 0.3) is 0 Å². The topological polar surface area (TPSA) is 32.3 Å². The molecular formula is C16H22N2O. The molecule has 1 aromatic rings. The molecule has 102 valence electrons. The predicted octanol–water partition coefficient (Wildman–Crippen LogP) is 2.86. The van der Waals surface area contributed by atoms with E-state index in [2.05, 4.69) is 37.5 Å². The second-order valence-electron chi connectivity index (χ2n) is 4.28. The van der Waals surface area contributed by atoms with Crippen LogP contribution in [0.4, 0.5) is 5.69 Å².